The zero-order chi connectivity index (χ0) is 19.0. The number of nitrogens with zero attached hydrogens (tertiary/aromatic N) is 2. The first kappa shape index (κ1) is 21.4. The Morgan fingerprint density at radius 3 is 2.24 bits per heavy atom. The monoisotopic (exact) mass is 386 g/mol. The number of hydrogen-bond donors (Lipinski definition) is 1. The molecule has 0 amide bonds. The predicted octanol–water partition coefficient (Wildman–Crippen LogP) is 3.31. The Morgan fingerprint density at radius 2 is 1.80 bits per heavy atom. The normalized spacial score (nSPS) is 12.3. The maximum Gasteiger partial charge on any atom is 0.294 e. The van der Waals surface area contributed by atoms with Crippen LogP contribution >= 0.6 is 11.6 Å². The van der Waals surface area contributed by atoms with E-state index in [1.165, 1.54) is 12.1 Å². The van der Waals surface area contributed by atoms with Crippen LogP contribution in [0, 0.1) is 6.92 Å². The van der Waals surface area contributed by atoms with Crippen LogP contribution in [0.4, 0.5) is 0 Å². The minimum Gasteiger partial charge on any atom is -0.490 e. The number of hydrogen-bond acceptors (Lipinski definition) is 5. The molecule has 1 aromatic heterocycles. The average Bonchev–Trinajstić information content (AvgIpc) is 2.54. The molecular weight excluding hydrogens is 364 g/mol. The molecule has 1 N–H and O–H groups in total. The third-order valence-corrected chi connectivity index (χ3v) is 4.48. The zero-order valence-corrected chi connectivity index (χ0v) is 16.3. The summed E-state index contributed by atoms with van der Waals surface area (Å²) in [6.45, 7) is 4.59. The van der Waals surface area contributed by atoms with Crippen LogP contribution in [0.1, 0.15) is 12.5 Å². The highest BCUT2D eigenvalue weighted by atomic mass is 35.5. The maximum absolute atomic E-state index is 10.5. The van der Waals surface area contributed by atoms with E-state index in [2.05, 4.69) is 16.8 Å². The number of benzene rings is 1. The van der Waals surface area contributed by atoms with E-state index in [0.29, 0.717) is 17.8 Å². The second kappa shape index (κ2) is 9.72. The van der Waals surface area contributed by atoms with Crippen LogP contribution in [-0.2, 0) is 10.1 Å². The fraction of sp³-hybridized carbons (Fsp3) is 0.353. The molecule has 6 nitrogen and oxygen atoms in total. The van der Waals surface area contributed by atoms with Gasteiger partial charge in [-0.2, -0.15) is 8.42 Å². The lowest BCUT2D eigenvalue weighted by molar-refractivity contribution is 0.198. The van der Waals surface area contributed by atoms with Gasteiger partial charge in [0, 0.05) is 6.04 Å². The van der Waals surface area contributed by atoms with Crippen molar-refractivity contribution < 1.29 is 17.7 Å². The molecule has 2 aromatic rings. The van der Waals surface area contributed by atoms with Crippen molar-refractivity contribution in [2.24, 2.45) is 0 Å². The van der Waals surface area contributed by atoms with Crippen molar-refractivity contribution in [3.63, 3.8) is 0 Å². The lowest BCUT2D eigenvalue weighted by Crippen LogP contribution is -2.30. The van der Waals surface area contributed by atoms with Crippen molar-refractivity contribution >= 4 is 21.7 Å². The Kier molecular flexibility index (Phi) is 8.31. The number of likely N-dealkylation sites (N-methyl/N-ethyl adjacent to an activating group) is 1. The molecule has 0 aliphatic heterocycles. The van der Waals surface area contributed by atoms with Crippen LogP contribution in [-0.4, -0.2) is 49.6 Å². The Balaban J connectivity index is 0.000000257. The summed E-state index contributed by atoms with van der Waals surface area (Å²) in [5, 5.41) is 0.484. The van der Waals surface area contributed by atoms with Crippen molar-refractivity contribution in [3.8, 4) is 5.75 Å². The molecule has 0 bridgehead atoms. The Hall–Kier alpha value is -1.67. The molecule has 2 rings (SSSR count). The molecule has 0 fully saturated rings. The van der Waals surface area contributed by atoms with Gasteiger partial charge in [-0.25, -0.2) is 4.98 Å². The first-order valence-corrected chi connectivity index (χ1v) is 9.36. The fourth-order valence-corrected chi connectivity index (χ4v) is 2.12. The van der Waals surface area contributed by atoms with Crippen LogP contribution in [0.5, 0.6) is 5.75 Å². The van der Waals surface area contributed by atoms with Gasteiger partial charge in [-0.15, -0.1) is 0 Å². The summed E-state index contributed by atoms with van der Waals surface area (Å²) < 4.78 is 35.1. The number of halogens is 1. The van der Waals surface area contributed by atoms with E-state index < -0.39 is 10.1 Å². The van der Waals surface area contributed by atoms with Gasteiger partial charge in [0.15, 0.2) is 0 Å². The lowest BCUT2D eigenvalue weighted by atomic mass is 10.2. The van der Waals surface area contributed by atoms with Crippen molar-refractivity contribution in [2.45, 2.75) is 24.8 Å². The van der Waals surface area contributed by atoms with Crippen LogP contribution in [0.25, 0.3) is 0 Å². The Labute approximate surface area is 154 Å². The average molecular weight is 387 g/mol. The summed E-state index contributed by atoms with van der Waals surface area (Å²) in [6.07, 6.45) is 1.63. The SMILES string of the molecule is C[C@@H](COc1ccc(Cl)nc1)N(C)C.Cc1ccc(S(=O)(=O)O)cc1. The molecule has 1 heterocycles. The second-order valence-electron chi connectivity index (χ2n) is 5.73. The molecule has 0 saturated heterocycles. The summed E-state index contributed by atoms with van der Waals surface area (Å²) in [7, 11) is 0.0243. The molecule has 0 unspecified atom stereocenters. The quantitative estimate of drug-likeness (QED) is 0.627. The van der Waals surface area contributed by atoms with Crippen LogP contribution in [0.2, 0.25) is 5.15 Å². The number of aryl methyl sites for hydroxylation is 1. The van der Waals surface area contributed by atoms with Crippen molar-refractivity contribution in [1.82, 2.24) is 9.88 Å². The smallest absolute Gasteiger partial charge is 0.294 e. The van der Waals surface area contributed by atoms with Crippen LogP contribution in [0.3, 0.4) is 0 Å². The second-order valence-corrected chi connectivity index (χ2v) is 7.54. The van der Waals surface area contributed by atoms with Gasteiger partial charge in [-0.05, 0) is 52.2 Å². The van der Waals surface area contributed by atoms with Gasteiger partial charge in [-0.3, -0.25) is 4.55 Å². The molecule has 0 radical (unpaired) electrons. The van der Waals surface area contributed by atoms with Gasteiger partial charge in [0.1, 0.15) is 17.5 Å². The van der Waals surface area contributed by atoms with E-state index in [4.69, 9.17) is 20.9 Å². The summed E-state index contributed by atoms with van der Waals surface area (Å²) in [6, 6.07) is 9.90. The zero-order valence-electron chi connectivity index (χ0n) is 14.7. The van der Waals surface area contributed by atoms with Gasteiger partial charge in [0.2, 0.25) is 0 Å². The van der Waals surface area contributed by atoms with Crippen molar-refractivity contribution in [2.75, 3.05) is 20.7 Å². The molecule has 0 saturated carbocycles. The third-order valence-electron chi connectivity index (χ3n) is 3.39. The van der Waals surface area contributed by atoms with Crippen molar-refractivity contribution in [3.05, 3.63) is 53.3 Å². The van der Waals surface area contributed by atoms with E-state index >= 15 is 0 Å². The highest BCUT2D eigenvalue weighted by molar-refractivity contribution is 7.85. The van der Waals surface area contributed by atoms with E-state index in [1.54, 1.807) is 24.4 Å². The minimum atomic E-state index is -4.02. The van der Waals surface area contributed by atoms with Gasteiger partial charge in [0.25, 0.3) is 10.1 Å². The molecule has 1 atom stereocenters. The summed E-state index contributed by atoms with van der Waals surface area (Å²) >= 11 is 5.65. The number of rotatable bonds is 5. The number of pyridine rings is 1. The maximum atomic E-state index is 10.5. The number of aromatic nitrogens is 1. The molecular formula is C17H23ClN2O4S. The van der Waals surface area contributed by atoms with Gasteiger partial charge in [-0.1, -0.05) is 29.3 Å². The third kappa shape index (κ3) is 8.31. The van der Waals surface area contributed by atoms with E-state index in [0.717, 1.165) is 11.3 Å². The highest BCUT2D eigenvalue weighted by Crippen LogP contribution is 2.12. The standard InChI is InChI=1S/C10H15ClN2O.C7H8O3S/c1-8(13(2)3)7-14-9-4-5-10(11)12-6-9;1-6-2-4-7(5-3-6)11(8,9)10/h4-6,8H,7H2,1-3H3;2-5H,1H3,(H,8,9,10)/t8-;/m0./s1. The lowest BCUT2D eigenvalue weighted by Gasteiger charge is -2.19. The highest BCUT2D eigenvalue weighted by Gasteiger charge is 2.07. The number of ether oxygens (including phenoxy) is 1. The summed E-state index contributed by atoms with van der Waals surface area (Å²) in [5.74, 6) is 0.753. The first-order valence-electron chi connectivity index (χ1n) is 7.54. The Bertz CT molecular complexity index is 747. The summed E-state index contributed by atoms with van der Waals surface area (Å²) in [5.41, 5.74) is 0.956. The summed E-state index contributed by atoms with van der Waals surface area (Å²) in [4.78, 5) is 5.96. The Morgan fingerprint density at radius 1 is 1.20 bits per heavy atom. The largest absolute Gasteiger partial charge is 0.490 e. The van der Waals surface area contributed by atoms with Crippen LogP contribution < -0.4 is 4.74 Å². The van der Waals surface area contributed by atoms with Crippen molar-refractivity contribution in [1.29, 1.82) is 0 Å². The molecule has 138 valence electrons. The predicted molar refractivity (Wildman–Crippen MR) is 98.9 cm³/mol. The first-order chi connectivity index (χ1) is 11.6. The van der Waals surface area contributed by atoms with Gasteiger partial charge < -0.3 is 9.64 Å². The van der Waals surface area contributed by atoms with E-state index in [-0.39, 0.29) is 4.90 Å². The van der Waals surface area contributed by atoms with Crippen LogP contribution in [0.15, 0.2) is 47.5 Å². The van der Waals surface area contributed by atoms with Gasteiger partial charge >= 0.3 is 0 Å². The molecule has 0 aliphatic carbocycles. The van der Waals surface area contributed by atoms with E-state index in [9.17, 15) is 8.42 Å². The molecule has 25 heavy (non-hydrogen) atoms. The molecule has 1 aromatic carbocycles. The molecule has 8 heteroatoms. The molecule has 0 spiro atoms. The topological polar surface area (TPSA) is 79.7 Å². The van der Waals surface area contributed by atoms with E-state index in [1.807, 2.05) is 27.1 Å². The minimum absolute atomic E-state index is 0.0666. The fourth-order valence-electron chi connectivity index (χ4n) is 1.52. The molecule has 0 aliphatic rings. The van der Waals surface area contributed by atoms with Gasteiger partial charge in [0.05, 0.1) is 11.1 Å².